The van der Waals surface area contributed by atoms with Gasteiger partial charge in [-0.1, -0.05) is 32.4 Å². The summed E-state index contributed by atoms with van der Waals surface area (Å²) in [6, 6.07) is -0.000393. The molecule has 0 bridgehead atoms. The Bertz CT molecular complexity index is 1010. The van der Waals surface area contributed by atoms with Crippen molar-refractivity contribution in [1.82, 2.24) is 16.0 Å². The van der Waals surface area contributed by atoms with Gasteiger partial charge in [0.25, 0.3) is 0 Å². The number of aliphatic carboxylic acids is 3. The molecule has 0 fully saturated rings. The number of carbonyl (C=O) groups is 6. The third kappa shape index (κ3) is 10.8. The molecule has 210 valence electrons. The third-order valence-corrected chi connectivity index (χ3v) is 5.80. The van der Waals surface area contributed by atoms with E-state index in [1.54, 1.807) is 13.8 Å². The van der Waals surface area contributed by atoms with Crippen LogP contribution in [0.2, 0.25) is 0 Å². The summed E-state index contributed by atoms with van der Waals surface area (Å²) in [5, 5.41) is 44.0. The van der Waals surface area contributed by atoms with Gasteiger partial charge in [-0.25, -0.2) is 4.79 Å². The number of nitrogens with one attached hydrogen (secondary N) is 3. The summed E-state index contributed by atoms with van der Waals surface area (Å²) in [4.78, 5) is 72.2. The molecule has 9 N–H and O–H groups in total. The fourth-order valence-electron chi connectivity index (χ4n) is 3.38. The summed E-state index contributed by atoms with van der Waals surface area (Å²) in [6.07, 6.45) is -1.36. The van der Waals surface area contributed by atoms with Gasteiger partial charge >= 0.3 is 17.9 Å². The minimum absolute atomic E-state index is 0.0537. The Labute approximate surface area is 218 Å². The quantitative estimate of drug-likeness (QED) is 0.129. The number of hydrogen-bond donors (Lipinski definition) is 8. The van der Waals surface area contributed by atoms with Crippen molar-refractivity contribution in [2.24, 2.45) is 11.7 Å². The van der Waals surface area contributed by atoms with Gasteiger partial charge in [-0.3, -0.25) is 24.0 Å². The first-order chi connectivity index (χ1) is 17.7. The molecule has 38 heavy (non-hydrogen) atoms. The Morgan fingerprint density at radius 2 is 1.39 bits per heavy atom. The van der Waals surface area contributed by atoms with Crippen molar-refractivity contribution in [2.75, 3.05) is 0 Å². The molecule has 0 spiro atoms. The lowest BCUT2D eigenvalue weighted by Crippen LogP contribution is -2.58. The van der Waals surface area contributed by atoms with Crippen LogP contribution < -0.4 is 21.7 Å². The van der Waals surface area contributed by atoms with Crippen molar-refractivity contribution in [3.05, 3.63) is 29.8 Å². The molecule has 5 atom stereocenters. The fraction of sp³-hybridized carbons (Fsp3) is 0.500. The molecule has 1 rings (SSSR count). The maximum atomic E-state index is 13.2. The van der Waals surface area contributed by atoms with E-state index in [1.165, 1.54) is 24.3 Å². The topological polar surface area (TPSA) is 245 Å². The van der Waals surface area contributed by atoms with Crippen molar-refractivity contribution in [3.63, 3.8) is 0 Å². The molecule has 0 saturated carbocycles. The van der Waals surface area contributed by atoms with Crippen molar-refractivity contribution >= 4 is 35.6 Å². The van der Waals surface area contributed by atoms with Crippen LogP contribution in [-0.4, -0.2) is 80.2 Å². The van der Waals surface area contributed by atoms with E-state index < -0.39 is 78.6 Å². The van der Waals surface area contributed by atoms with Crippen LogP contribution in [0.1, 0.15) is 45.1 Å². The number of hydrogen-bond acceptors (Lipinski definition) is 8. The van der Waals surface area contributed by atoms with Crippen LogP contribution in [0.3, 0.4) is 0 Å². The normalized spacial score (nSPS) is 14.7. The Hall–Kier alpha value is -4.20. The van der Waals surface area contributed by atoms with Gasteiger partial charge < -0.3 is 42.1 Å². The van der Waals surface area contributed by atoms with E-state index >= 15 is 0 Å². The highest BCUT2D eigenvalue weighted by Crippen LogP contribution is 2.13. The second-order valence-corrected chi connectivity index (χ2v) is 8.84. The Morgan fingerprint density at radius 1 is 0.842 bits per heavy atom. The highest BCUT2D eigenvalue weighted by Gasteiger charge is 2.32. The predicted molar refractivity (Wildman–Crippen MR) is 132 cm³/mol. The summed E-state index contributed by atoms with van der Waals surface area (Å²) in [7, 11) is 0. The molecule has 1 aromatic rings. The predicted octanol–water partition coefficient (Wildman–Crippen LogP) is -0.813. The molecule has 0 aliphatic rings. The number of rotatable bonds is 16. The summed E-state index contributed by atoms with van der Waals surface area (Å²) < 4.78 is 0. The lowest BCUT2D eigenvalue weighted by molar-refractivity contribution is -0.144. The van der Waals surface area contributed by atoms with E-state index in [0.717, 1.165) is 0 Å². The van der Waals surface area contributed by atoms with Crippen molar-refractivity contribution in [2.45, 2.75) is 70.1 Å². The highest BCUT2D eigenvalue weighted by molar-refractivity contribution is 5.95. The zero-order chi connectivity index (χ0) is 29.0. The zero-order valence-electron chi connectivity index (χ0n) is 21.0. The van der Waals surface area contributed by atoms with Crippen molar-refractivity contribution in [1.29, 1.82) is 0 Å². The number of carboxylic acids is 3. The Kier molecular flexibility index (Phi) is 12.7. The number of carboxylic acid groups (broad SMARTS) is 3. The van der Waals surface area contributed by atoms with E-state index in [-0.39, 0.29) is 18.6 Å². The molecule has 3 amide bonds. The first-order valence-electron chi connectivity index (χ1n) is 11.9. The molecule has 0 aromatic heterocycles. The van der Waals surface area contributed by atoms with E-state index in [2.05, 4.69) is 16.0 Å². The standard InChI is InChI=1S/C24H34N4O10/c1-3-12(2)20(24(37)38)28-22(35)16(8-9-18(30)31)26-23(36)17(10-13-4-6-14(29)7-5-13)27-21(34)15(25)11-19(32)33/h4-7,12,15-17,20,29H,3,8-11,25H2,1-2H3,(H,26,36)(H,27,34)(H,28,35)(H,30,31)(H,32,33)(H,37,38). The SMILES string of the molecule is CCC(C)C(NC(=O)C(CCC(=O)O)NC(=O)C(Cc1ccc(O)cc1)NC(=O)C(N)CC(=O)O)C(=O)O. The van der Waals surface area contributed by atoms with Crippen LogP contribution in [-0.2, 0) is 35.2 Å². The minimum atomic E-state index is -1.49. The van der Waals surface area contributed by atoms with Gasteiger partial charge in [-0.2, -0.15) is 0 Å². The van der Waals surface area contributed by atoms with Crippen LogP contribution in [0.5, 0.6) is 5.75 Å². The summed E-state index contributed by atoms with van der Waals surface area (Å²) in [5.41, 5.74) is 6.07. The van der Waals surface area contributed by atoms with Crippen LogP contribution >= 0.6 is 0 Å². The molecule has 5 unspecified atom stereocenters. The summed E-state index contributed by atoms with van der Waals surface area (Å²) in [5.74, 6) is -7.23. The number of phenolic OH excluding ortho intramolecular Hbond substituents is 1. The summed E-state index contributed by atoms with van der Waals surface area (Å²) in [6.45, 7) is 3.33. The second kappa shape index (κ2) is 15.1. The van der Waals surface area contributed by atoms with Gasteiger partial charge in [0.15, 0.2) is 0 Å². The van der Waals surface area contributed by atoms with Crippen LogP contribution in [0.15, 0.2) is 24.3 Å². The zero-order valence-corrected chi connectivity index (χ0v) is 21.0. The maximum Gasteiger partial charge on any atom is 0.326 e. The summed E-state index contributed by atoms with van der Waals surface area (Å²) >= 11 is 0. The number of carbonyl (C=O) groups excluding carboxylic acids is 3. The average molecular weight is 539 g/mol. The molecule has 0 aliphatic heterocycles. The van der Waals surface area contributed by atoms with Crippen LogP contribution in [0.25, 0.3) is 0 Å². The van der Waals surface area contributed by atoms with Crippen molar-refractivity contribution < 1.29 is 49.2 Å². The minimum Gasteiger partial charge on any atom is -0.508 e. The van der Waals surface area contributed by atoms with E-state index in [9.17, 15) is 39.0 Å². The van der Waals surface area contributed by atoms with Gasteiger partial charge in [0.1, 0.15) is 23.9 Å². The van der Waals surface area contributed by atoms with Crippen molar-refractivity contribution in [3.8, 4) is 5.75 Å². The van der Waals surface area contributed by atoms with E-state index in [1.807, 2.05) is 0 Å². The van der Waals surface area contributed by atoms with E-state index in [0.29, 0.717) is 12.0 Å². The number of benzene rings is 1. The smallest absolute Gasteiger partial charge is 0.326 e. The van der Waals surface area contributed by atoms with Gasteiger partial charge in [0, 0.05) is 12.8 Å². The lowest BCUT2D eigenvalue weighted by atomic mass is 9.98. The molecule has 1 aromatic carbocycles. The van der Waals surface area contributed by atoms with Gasteiger partial charge in [0.05, 0.1) is 12.5 Å². The number of nitrogens with two attached hydrogens (primary N) is 1. The first-order valence-corrected chi connectivity index (χ1v) is 11.9. The molecule has 14 nitrogen and oxygen atoms in total. The molecule has 14 heteroatoms. The fourth-order valence-corrected chi connectivity index (χ4v) is 3.38. The molecule has 0 radical (unpaired) electrons. The third-order valence-electron chi connectivity index (χ3n) is 5.80. The first kappa shape index (κ1) is 31.8. The van der Waals surface area contributed by atoms with Gasteiger partial charge in [-0.15, -0.1) is 0 Å². The maximum absolute atomic E-state index is 13.2. The number of aromatic hydroxyl groups is 1. The van der Waals surface area contributed by atoms with Gasteiger partial charge in [-0.05, 0) is 30.0 Å². The van der Waals surface area contributed by atoms with E-state index in [4.69, 9.17) is 15.9 Å². The largest absolute Gasteiger partial charge is 0.508 e. The van der Waals surface area contributed by atoms with Gasteiger partial charge in [0.2, 0.25) is 17.7 Å². The monoisotopic (exact) mass is 538 g/mol. The number of phenols is 1. The molecule has 0 saturated heterocycles. The van der Waals surface area contributed by atoms with Crippen LogP contribution in [0, 0.1) is 5.92 Å². The lowest BCUT2D eigenvalue weighted by Gasteiger charge is -2.26. The second-order valence-electron chi connectivity index (χ2n) is 8.84. The molecule has 0 heterocycles. The molecular formula is C24H34N4O10. The highest BCUT2D eigenvalue weighted by atomic mass is 16.4. The molecular weight excluding hydrogens is 504 g/mol. The Balaban J connectivity index is 3.20. The average Bonchev–Trinajstić information content (AvgIpc) is 2.84. The molecule has 0 aliphatic carbocycles. The van der Waals surface area contributed by atoms with Crippen LogP contribution in [0.4, 0.5) is 0 Å². The Morgan fingerprint density at radius 3 is 1.89 bits per heavy atom. The number of amides is 3.